The van der Waals surface area contributed by atoms with E-state index >= 15 is 0 Å². The molecule has 2 aliphatic heterocycles. The van der Waals surface area contributed by atoms with Crippen molar-refractivity contribution in [1.29, 1.82) is 0 Å². The Morgan fingerprint density at radius 3 is 1.05 bits per heavy atom. The summed E-state index contributed by atoms with van der Waals surface area (Å²) < 4.78 is 110. The highest BCUT2D eigenvalue weighted by molar-refractivity contribution is 7.41. The van der Waals surface area contributed by atoms with Gasteiger partial charge in [-0.15, -0.1) is 0 Å². The lowest BCUT2D eigenvalue weighted by molar-refractivity contribution is -0.207. The molecule has 2 aliphatic rings. The fraction of sp³-hybridized carbons (Fsp3) is 0.319. The molecule has 0 aromatic heterocycles. The Morgan fingerprint density at radius 1 is 0.295 bits per heavy atom. The van der Waals surface area contributed by atoms with Gasteiger partial charge in [0.1, 0.15) is 48.8 Å². The van der Waals surface area contributed by atoms with Crippen molar-refractivity contribution in [1.82, 2.24) is 0 Å². The number of ether oxygens (including phenoxy) is 13. The van der Waals surface area contributed by atoms with Crippen molar-refractivity contribution in [3.8, 4) is 0 Å². The molecule has 2 fully saturated rings. The molecule has 13 atom stereocenters. The minimum Gasteiger partial charge on any atom is -0.390 e. The van der Waals surface area contributed by atoms with Crippen LogP contribution in [0.25, 0.3) is 10.8 Å². The normalized spacial score (nSPS) is 18.9. The topological polar surface area (TPSA) is 168 Å². The molecule has 1 N–H and O–H groups in total. The average Bonchev–Trinajstić information content (AvgIpc) is 1.71. The molecule has 0 bridgehead atoms. The van der Waals surface area contributed by atoms with Crippen LogP contribution in [0.4, 0.5) is 0 Å². The summed E-state index contributed by atoms with van der Waals surface area (Å²) in [4.78, 5) is 0. The van der Waals surface area contributed by atoms with Crippen LogP contribution in [0.1, 0.15) is 68.5 Å². The van der Waals surface area contributed by atoms with Crippen molar-refractivity contribution in [2.75, 3.05) is 39.6 Å². The summed E-state index contributed by atoms with van der Waals surface area (Å²) in [5.74, 6) is 0. The quantitative estimate of drug-likeness (QED) is 0.0357. The molecule has 0 amide bonds. The van der Waals surface area contributed by atoms with Crippen LogP contribution in [0.15, 0.2) is 315 Å². The first-order valence-electron chi connectivity index (χ1n) is 38.6. The van der Waals surface area contributed by atoms with Gasteiger partial charge in [-0.05, 0) is 72.5 Å². The van der Waals surface area contributed by atoms with Gasteiger partial charge < -0.3 is 80.3 Å². The van der Waals surface area contributed by atoms with E-state index in [1.165, 1.54) is 0 Å². The summed E-state index contributed by atoms with van der Waals surface area (Å²) in [6.07, 6.45) is -8.78. The third-order valence-corrected chi connectivity index (χ3v) is 20.6. The standard InChI is InChI=1S/C94H101O17P/c95-83-53-91(109-85(83)65-96-55-71-30-10-1-11-31-71)103-68-89(101-60-75-38-18-5-19-39-75)94(106-63-78-44-24-8-25-45-78)90(102-61-76-40-20-6-21-41-76)70-108-112(107-64-79-46-26-9-27-47-79)111-84-54-92(110-86(84)66-97-56-72-32-12-2-13-33-72)104-69-88(100-59-74-36-16-4-17-37-74)93(105-62-77-42-22-7-23-43-77)87(99-58-73-34-14-3-15-35-73)67-98-57-80-50-51-81-48-28-29-49-82(81)52-80/h1-52,83-95H,53-70H2/t83-,84-,85?,86?,87?,88?,89?,90?,91-,92-,93?,94?,112?/m1/s1. The first kappa shape index (κ1) is 81.4. The lowest BCUT2D eigenvalue weighted by Gasteiger charge is -2.34. The number of rotatable bonds is 48. The predicted octanol–water partition coefficient (Wildman–Crippen LogP) is 17.8. The Balaban J connectivity index is 0.789. The molecule has 11 aromatic carbocycles. The van der Waals surface area contributed by atoms with E-state index in [1.807, 2.05) is 285 Å². The van der Waals surface area contributed by atoms with E-state index in [9.17, 15) is 5.11 Å². The Labute approximate surface area is 659 Å². The molecule has 0 saturated carbocycles. The Morgan fingerprint density at radius 2 is 0.625 bits per heavy atom. The third kappa shape index (κ3) is 26.8. The minimum absolute atomic E-state index is 0.00609. The molecule has 112 heavy (non-hydrogen) atoms. The van der Waals surface area contributed by atoms with E-state index in [0.29, 0.717) is 19.8 Å². The molecule has 2 saturated heterocycles. The summed E-state index contributed by atoms with van der Waals surface area (Å²) in [6, 6.07) is 105. The summed E-state index contributed by atoms with van der Waals surface area (Å²) >= 11 is 0. The third-order valence-electron chi connectivity index (χ3n) is 19.4. The first-order valence-corrected chi connectivity index (χ1v) is 39.7. The number of hydrogen-bond acceptors (Lipinski definition) is 17. The van der Waals surface area contributed by atoms with Crippen molar-refractivity contribution < 1.29 is 80.3 Å². The second kappa shape index (κ2) is 45.4. The predicted molar refractivity (Wildman–Crippen MR) is 429 cm³/mol. The summed E-state index contributed by atoms with van der Waals surface area (Å²) in [5.41, 5.74) is 9.67. The fourth-order valence-electron chi connectivity index (χ4n) is 13.3. The smallest absolute Gasteiger partial charge is 0.333 e. The Kier molecular flexibility index (Phi) is 33.0. The van der Waals surface area contributed by atoms with Crippen LogP contribution in [0.3, 0.4) is 0 Å². The minimum atomic E-state index is -2.27. The van der Waals surface area contributed by atoms with Crippen LogP contribution >= 0.6 is 8.60 Å². The highest BCUT2D eigenvalue weighted by Crippen LogP contribution is 2.46. The summed E-state index contributed by atoms with van der Waals surface area (Å²) in [5, 5.41) is 13.7. The second-order valence-corrected chi connectivity index (χ2v) is 29.1. The highest BCUT2D eigenvalue weighted by Gasteiger charge is 2.43. The van der Waals surface area contributed by atoms with Gasteiger partial charge in [0, 0.05) is 12.8 Å². The fourth-order valence-corrected chi connectivity index (χ4v) is 14.5. The number of hydrogen-bond donors (Lipinski definition) is 1. The zero-order chi connectivity index (χ0) is 76.2. The molecule has 17 nitrogen and oxygen atoms in total. The Bertz CT molecular complexity index is 4350. The van der Waals surface area contributed by atoms with Gasteiger partial charge in [-0.2, -0.15) is 0 Å². The van der Waals surface area contributed by atoms with Crippen LogP contribution in [0.2, 0.25) is 0 Å². The molecule has 2 heterocycles. The molecule has 9 unspecified atom stereocenters. The van der Waals surface area contributed by atoms with E-state index < -0.39 is 82.2 Å². The van der Waals surface area contributed by atoms with Crippen LogP contribution in [-0.4, -0.2) is 118 Å². The van der Waals surface area contributed by atoms with Crippen LogP contribution < -0.4 is 0 Å². The van der Waals surface area contributed by atoms with Gasteiger partial charge >= 0.3 is 8.60 Å². The summed E-state index contributed by atoms with van der Waals surface area (Å²) in [7, 11) is -2.27. The van der Waals surface area contributed by atoms with Gasteiger partial charge in [0.05, 0.1) is 118 Å². The van der Waals surface area contributed by atoms with E-state index in [2.05, 4.69) is 30.3 Å². The first-order chi connectivity index (χ1) is 55.4. The van der Waals surface area contributed by atoms with Crippen molar-refractivity contribution in [3.05, 3.63) is 371 Å². The van der Waals surface area contributed by atoms with Crippen molar-refractivity contribution in [2.24, 2.45) is 0 Å². The molecular weight excluding hydrogens is 1430 g/mol. The highest BCUT2D eigenvalue weighted by atomic mass is 31.2. The average molecular weight is 1530 g/mol. The van der Waals surface area contributed by atoms with E-state index in [-0.39, 0.29) is 98.7 Å². The SMILES string of the molecule is O[C@@H]1C[C@H](OCC(OCc2ccccc2)C(OCc2ccccc2)C(COP(OCc2ccccc2)O[C@@H]2C[C@H](OCC(OCc3ccccc3)C(OCc3ccccc3)C(COCc3ccc4ccccc4c3)OCc3ccccc3)OC2COCc2ccccc2)OCc2ccccc2)OC1COCc1ccccc1. The van der Waals surface area contributed by atoms with E-state index in [1.54, 1.807) is 0 Å². The van der Waals surface area contributed by atoms with Crippen molar-refractivity contribution >= 4 is 19.4 Å². The Hall–Kier alpha value is -8.57. The molecule has 0 aliphatic carbocycles. The van der Waals surface area contributed by atoms with E-state index in [4.69, 9.17) is 75.2 Å². The van der Waals surface area contributed by atoms with E-state index in [0.717, 1.165) is 66.4 Å². The maximum atomic E-state index is 11.4. The van der Waals surface area contributed by atoms with Gasteiger partial charge in [-0.1, -0.05) is 309 Å². The molecule has 0 spiro atoms. The zero-order valence-electron chi connectivity index (χ0n) is 63.1. The largest absolute Gasteiger partial charge is 0.390 e. The maximum Gasteiger partial charge on any atom is 0.333 e. The lowest BCUT2D eigenvalue weighted by Crippen LogP contribution is -2.47. The van der Waals surface area contributed by atoms with Gasteiger partial charge in [0.15, 0.2) is 12.6 Å². The maximum absolute atomic E-state index is 11.4. The molecule has 18 heteroatoms. The van der Waals surface area contributed by atoms with Gasteiger partial charge in [0.2, 0.25) is 0 Å². The molecule has 0 radical (unpaired) electrons. The molecule has 13 rings (SSSR count). The van der Waals surface area contributed by atoms with Crippen molar-refractivity contribution in [2.45, 2.75) is 153 Å². The second-order valence-electron chi connectivity index (χ2n) is 27.9. The van der Waals surface area contributed by atoms with Gasteiger partial charge in [0.25, 0.3) is 0 Å². The number of fused-ring (bicyclic) bond motifs is 1. The molecular formula is C94H101O17P. The number of aliphatic hydroxyl groups is 1. The molecule has 584 valence electrons. The monoisotopic (exact) mass is 1530 g/mol. The summed E-state index contributed by atoms with van der Waals surface area (Å²) in [6.45, 7) is 2.84. The number of benzene rings is 11. The lowest BCUT2D eigenvalue weighted by atomic mass is 10.1. The molecule has 11 aromatic rings. The van der Waals surface area contributed by atoms with Crippen molar-refractivity contribution in [3.63, 3.8) is 0 Å². The van der Waals surface area contributed by atoms with Crippen LogP contribution in [0, 0.1) is 0 Å². The number of aliphatic hydroxyl groups excluding tert-OH is 1. The zero-order valence-corrected chi connectivity index (χ0v) is 64.0. The van der Waals surface area contributed by atoms with Crippen LogP contribution in [-0.2, 0) is 141 Å². The van der Waals surface area contributed by atoms with Gasteiger partial charge in [-0.25, -0.2) is 0 Å². The van der Waals surface area contributed by atoms with Gasteiger partial charge in [-0.3, -0.25) is 0 Å². The van der Waals surface area contributed by atoms with Crippen LogP contribution in [0.5, 0.6) is 0 Å².